The highest BCUT2D eigenvalue weighted by molar-refractivity contribution is 7.99. The zero-order valence-electron chi connectivity index (χ0n) is 9.02. The highest BCUT2D eigenvalue weighted by atomic mass is 32.2. The van der Waals surface area contributed by atoms with Gasteiger partial charge in [-0.15, -0.1) is 0 Å². The average Bonchev–Trinajstić information content (AvgIpc) is 2.59. The van der Waals surface area contributed by atoms with Gasteiger partial charge in [0.1, 0.15) is 0 Å². The zero-order valence-corrected chi connectivity index (χ0v) is 9.84. The fraction of sp³-hybridized carbons (Fsp3) is 0.500. The summed E-state index contributed by atoms with van der Waals surface area (Å²) < 4.78 is 0. The first kappa shape index (κ1) is 11.2. The first-order valence-corrected chi connectivity index (χ1v) is 6.12. The number of carbonyl (C=O) groups is 1. The number of thioether (sulfide) groups is 1. The largest absolute Gasteiger partial charge is 0.333 e. The Hall–Kier alpha value is -1.30. The second-order valence-electron chi connectivity index (χ2n) is 3.73. The van der Waals surface area contributed by atoms with Gasteiger partial charge in [0.2, 0.25) is 5.91 Å². The van der Waals surface area contributed by atoms with Crippen molar-refractivity contribution in [2.75, 3.05) is 12.4 Å². The fourth-order valence-corrected chi connectivity index (χ4v) is 2.53. The molecule has 1 fully saturated rings. The summed E-state index contributed by atoms with van der Waals surface area (Å²) in [6.45, 7) is 2.59. The smallest absolute Gasteiger partial charge is 0.251 e. The molecule has 1 amide bonds. The second-order valence-corrected chi connectivity index (χ2v) is 4.66. The van der Waals surface area contributed by atoms with Crippen molar-refractivity contribution in [1.29, 1.82) is 0 Å². The third-order valence-electron chi connectivity index (χ3n) is 2.38. The number of aromatic amines is 1. The minimum Gasteiger partial charge on any atom is -0.333 e. The molecule has 0 saturated carbocycles. The molecule has 2 rings (SSSR count). The molecule has 1 saturated heterocycles. The SMILES string of the molecule is Cc1cc(=O)[nH]c(SCN2CCCC2=O)n1. The van der Waals surface area contributed by atoms with E-state index in [0.29, 0.717) is 23.1 Å². The number of rotatable bonds is 3. The second kappa shape index (κ2) is 4.69. The van der Waals surface area contributed by atoms with Gasteiger partial charge in [0.05, 0.1) is 5.88 Å². The van der Waals surface area contributed by atoms with Crippen LogP contribution in [0.4, 0.5) is 0 Å². The monoisotopic (exact) mass is 239 g/mol. The number of H-pyrrole nitrogens is 1. The first-order valence-electron chi connectivity index (χ1n) is 5.14. The number of likely N-dealkylation sites (tertiary alicyclic amines) is 1. The highest BCUT2D eigenvalue weighted by Crippen LogP contribution is 2.17. The maximum Gasteiger partial charge on any atom is 0.251 e. The Kier molecular flexibility index (Phi) is 3.28. The Bertz CT molecular complexity index is 458. The number of hydrogen-bond donors (Lipinski definition) is 1. The Morgan fingerprint density at radius 2 is 2.38 bits per heavy atom. The first-order chi connectivity index (χ1) is 7.65. The van der Waals surface area contributed by atoms with Gasteiger partial charge in [0.15, 0.2) is 5.16 Å². The highest BCUT2D eigenvalue weighted by Gasteiger charge is 2.19. The van der Waals surface area contributed by atoms with E-state index in [0.717, 1.165) is 13.0 Å². The van der Waals surface area contributed by atoms with Crippen LogP contribution in [0.25, 0.3) is 0 Å². The summed E-state index contributed by atoms with van der Waals surface area (Å²) >= 11 is 1.39. The molecule has 1 N–H and O–H groups in total. The summed E-state index contributed by atoms with van der Waals surface area (Å²) in [5.41, 5.74) is 0.543. The van der Waals surface area contributed by atoms with Crippen LogP contribution < -0.4 is 5.56 Å². The van der Waals surface area contributed by atoms with Crippen LogP contribution in [0.1, 0.15) is 18.5 Å². The number of aryl methyl sites for hydroxylation is 1. The van der Waals surface area contributed by atoms with Crippen LogP contribution in [-0.2, 0) is 4.79 Å². The number of carbonyl (C=O) groups excluding carboxylic acids is 1. The summed E-state index contributed by atoms with van der Waals surface area (Å²) in [5.74, 6) is 0.744. The lowest BCUT2D eigenvalue weighted by Crippen LogP contribution is -2.24. The Morgan fingerprint density at radius 1 is 1.56 bits per heavy atom. The van der Waals surface area contributed by atoms with Crippen molar-refractivity contribution in [2.45, 2.75) is 24.9 Å². The number of nitrogens with zero attached hydrogens (tertiary/aromatic N) is 2. The molecule has 86 valence electrons. The number of hydrogen-bond acceptors (Lipinski definition) is 4. The van der Waals surface area contributed by atoms with Gasteiger partial charge < -0.3 is 9.88 Å². The van der Waals surface area contributed by atoms with Crippen LogP contribution in [0.5, 0.6) is 0 Å². The van der Waals surface area contributed by atoms with Crippen molar-refractivity contribution in [1.82, 2.24) is 14.9 Å². The van der Waals surface area contributed by atoms with Crippen LogP contribution in [0, 0.1) is 6.92 Å². The van der Waals surface area contributed by atoms with E-state index in [2.05, 4.69) is 9.97 Å². The minimum atomic E-state index is -0.150. The van der Waals surface area contributed by atoms with Crippen molar-refractivity contribution in [2.24, 2.45) is 0 Å². The zero-order chi connectivity index (χ0) is 11.5. The Morgan fingerprint density at radius 3 is 3.00 bits per heavy atom. The van der Waals surface area contributed by atoms with Gasteiger partial charge in [-0.3, -0.25) is 9.59 Å². The summed E-state index contributed by atoms with van der Waals surface area (Å²) in [5, 5.41) is 0.574. The molecule has 0 bridgehead atoms. The van der Waals surface area contributed by atoms with Crippen LogP contribution in [0.3, 0.4) is 0 Å². The van der Waals surface area contributed by atoms with E-state index >= 15 is 0 Å². The summed E-state index contributed by atoms with van der Waals surface area (Å²) in [4.78, 5) is 31.2. The Balaban J connectivity index is 1.99. The van der Waals surface area contributed by atoms with E-state index in [1.165, 1.54) is 17.8 Å². The lowest BCUT2D eigenvalue weighted by atomic mass is 10.4. The molecule has 2 heterocycles. The molecule has 0 aromatic carbocycles. The molecule has 1 aliphatic rings. The normalized spacial score (nSPS) is 15.8. The maximum absolute atomic E-state index is 11.3. The van der Waals surface area contributed by atoms with Gasteiger partial charge in [-0.1, -0.05) is 11.8 Å². The van der Waals surface area contributed by atoms with E-state index in [9.17, 15) is 9.59 Å². The molecule has 1 aliphatic heterocycles. The molecule has 0 unspecified atom stereocenters. The van der Waals surface area contributed by atoms with Crippen molar-refractivity contribution >= 4 is 17.7 Å². The molecule has 0 atom stereocenters. The van der Waals surface area contributed by atoms with Gasteiger partial charge in [-0.25, -0.2) is 4.98 Å². The van der Waals surface area contributed by atoms with Crippen LogP contribution >= 0.6 is 11.8 Å². The molecular weight excluding hydrogens is 226 g/mol. The average molecular weight is 239 g/mol. The van der Waals surface area contributed by atoms with Gasteiger partial charge >= 0.3 is 0 Å². The number of nitrogens with one attached hydrogen (secondary N) is 1. The molecule has 5 nitrogen and oxygen atoms in total. The van der Waals surface area contributed by atoms with E-state index in [1.807, 2.05) is 0 Å². The maximum atomic E-state index is 11.3. The van der Waals surface area contributed by atoms with Gasteiger partial charge in [0, 0.05) is 24.7 Å². The van der Waals surface area contributed by atoms with Crippen molar-refractivity contribution < 1.29 is 4.79 Å². The lowest BCUT2D eigenvalue weighted by molar-refractivity contribution is -0.126. The molecule has 16 heavy (non-hydrogen) atoms. The fourth-order valence-electron chi connectivity index (χ4n) is 1.60. The Labute approximate surface area is 97.3 Å². The van der Waals surface area contributed by atoms with E-state index < -0.39 is 0 Å². The molecular formula is C10H13N3O2S. The van der Waals surface area contributed by atoms with Crippen molar-refractivity contribution in [3.63, 3.8) is 0 Å². The molecule has 0 aliphatic carbocycles. The predicted molar refractivity (Wildman–Crippen MR) is 61.3 cm³/mol. The van der Waals surface area contributed by atoms with Crippen molar-refractivity contribution in [3.05, 3.63) is 22.1 Å². The summed E-state index contributed by atoms with van der Waals surface area (Å²) in [6.07, 6.45) is 1.56. The van der Waals surface area contributed by atoms with Crippen LogP contribution in [0.2, 0.25) is 0 Å². The molecule has 6 heteroatoms. The van der Waals surface area contributed by atoms with Gasteiger partial charge in [-0.2, -0.15) is 0 Å². The standard InChI is InChI=1S/C10H13N3O2S/c1-7-5-8(14)12-10(11-7)16-6-13-4-2-3-9(13)15/h5H,2-4,6H2,1H3,(H,11,12,14). The van der Waals surface area contributed by atoms with E-state index in [-0.39, 0.29) is 11.5 Å². The minimum absolute atomic E-state index is 0.150. The summed E-state index contributed by atoms with van der Waals surface area (Å²) in [6, 6.07) is 1.45. The predicted octanol–water partition coefficient (Wildman–Crippen LogP) is 0.750. The quantitative estimate of drug-likeness (QED) is 0.624. The molecule has 0 radical (unpaired) electrons. The van der Waals surface area contributed by atoms with E-state index in [4.69, 9.17) is 0 Å². The third kappa shape index (κ3) is 2.63. The third-order valence-corrected chi connectivity index (χ3v) is 3.28. The van der Waals surface area contributed by atoms with Gasteiger partial charge in [-0.05, 0) is 13.3 Å². The van der Waals surface area contributed by atoms with Gasteiger partial charge in [0.25, 0.3) is 5.56 Å². The molecule has 0 spiro atoms. The van der Waals surface area contributed by atoms with Crippen LogP contribution in [-0.4, -0.2) is 33.2 Å². The van der Waals surface area contributed by atoms with E-state index in [1.54, 1.807) is 11.8 Å². The summed E-state index contributed by atoms with van der Waals surface area (Å²) in [7, 11) is 0. The van der Waals surface area contributed by atoms with Crippen LogP contribution in [0.15, 0.2) is 16.0 Å². The number of aromatic nitrogens is 2. The lowest BCUT2D eigenvalue weighted by Gasteiger charge is -2.13. The van der Waals surface area contributed by atoms with Crippen molar-refractivity contribution in [3.8, 4) is 0 Å². The number of amides is 1. The molecule has 1 aromatic rings. The molecule has 1 aromatic heterocycles. The topological polar surface area (TPSA) is 66.1 Å².